The summed E-state index contributed by atoms with van der Waals surface area (Å²) < 4.78 is 6.34. The Bertz CT molecular complexity index is 1270. The second-order valence-electron chi connectivity index (χ2n) is 7.72. The van der Waals surface area contributed by atoms with Crippen LogP contribution in [0.25, 0.3) is 20.7 Å². The molecule has 31 heavy (non-hydrogen) atoms. The summed E-state index contributed by atoms with van der Waals surface area (Å²) in [6.45, 7) is 2.94. The number of aryl methyl sites for hydroxylation is 1. The molecule has 0 fully saturated rings. The summed E-state index contributed by atoms with van der Waals surface area (Å²) in [5.41, 5.74) is 6.57. The number of fused-ring (bicyclic) bond motifs is 1. The molecule has 0 amide bonds. The lowest BCUT2D eigenvalue weighted by Crippen LogP contribution is -2.10. The van der Waals surface area contributed by atoms with Gasteiger partial charge in [0.15, 0.2) is 0 Å². The maximum absolute atomic E-state index is 9.70. The van der Waals surface area contributed by atoms with Crippen molar-refractivity contribution in [3.8, 4) is 22.3 Å². The Morgan fingerprint density at radius 2 is 1.90 bits per heavy atom. The zero-order valence-corrected chi connectivity index (χ0v) is 18.9. The van der Waals surface area contributed by atoms with Crippen molar-refractivity contribution in [3.05, 3.63) is 71.4 Å². The largest absolute Gasteiger partial charge is 0.497 e. The number of benzene rings is 2. The number of hydrogen-bond acceptors (Lipinski definition) is 6. The first-order chi connectivity index (χ1) is 15.0. The van der Waals surface area contributed by atoms with Gasteiger partial charge in [0.05, 0.1) is 28.6 Å². The number of hydrogen-bond donors (Lipinski definition) is 1. The van der Waals surface area contributed by atoms with E-state index in [9.17, 15) is 5.26 Å². The van der Waals surface area contributed by atoms with E-state index in [4.69, 9.17) is 4.74 Å². The van der Waals surface area contributed by atoms with Gasteiger partial charge < -0.3 is 15.0 Å². The number of nitrogens with zero attached hydrogens (tertiary/aromatic N) is 3. The fourth-order valence-corrected chi connectivity index (χ4v) is 4.59. The van der Waals surface area contributed by atoms with Crippen LogP contribution >= 0.6 is 11.3 Å². The fraction of sp³-hybridized carbons (Fsp3) is 0.200. The lowest BCUT2D eigenvalue weighted by atomic mass is 10.1. The molecule has 0 radical (unpaired) electrons. The summed E-state index contributed by atoms with van der Waals surface area (Å²) >= 11 is 1.64. The van der Waals surface area contributed by atoms with Gasteiger partial charge in [-0.15, -0.1) is 11.3 Å². The Kier molecular flexibility index (Phi) is 5.90. The molecule has 0 aliphatic heterocycles. The van der Waals surface area contributed by atoms with E-state index in [1.54, 1.807) is 24.6 Å². The van der Waals surface area contributed by atoms with E-state index in [1.165, 1.54) is 5.56 Å². The molecule has 0 bridgehead atoms. The topological polar surface area (TPSA) is 61.2 Å². The Balaban J connectivity index is 1.76. The highest BCUT2D eigenvalue weighted by molar-refractivity contribution is 7.22. The summed E-state index contributed by atoms with van der Waals surface area (Å²) in [4.78, 5) is 7.81. The van der Waals surface area contributed by atoms with Crippen LogP contribution < -0.4 is 10.1 Å². The average molecular weight is 429 g/mol. The molecular weight excluding hydrogens is 404 g/mol. The van der Waals surface area contributed by atoms with Gasteiger partial charge in [-0.05, 0) is 49.8 Å². The molecule has 0 atom stereocenters. The number of rotatable bonds is 6. The molecule has 0 aliphatic rings. The van der Waals surface area contributed by atoms with Gasteiger partial charge in [-0.3, -0.25) is 4.98 Å². The van der Waals surface area contributed by atoms with Crippen LogP contribution in [-0.2, 0) is 6.54 Å². The highest BCUT2D eigenvalue weighted by atomic mass is 32.1. The molecule has 2 aromatic carbocycles. The molecular formula is C25H24N4OS. The molecule has 6 heteroatoms. The number of thiophene rings is 1. The third-order valence-electron chi connectivity index (χ3n) is 5.10. The van der Waals surface area contributed by atoms with E-state index < -0.39 is 0 Å². The zero-order chi connectivity index (χ0) is 22.0. The van der Waals surface area contributed by atoms with Crippen molar-refractivity contribution in [1.29, 1.82) is 5.26 Å². The number of pyridine rings is 1. The predicted molar refractivity (Wildman–Crippen MR) is 128 cm³/mol. The van der Waals surface area contributed by atoms with E-state index in [1.807, 2.05) is 25.1 Å². The monoisotopic (exact) mass is 428 g/mol. The minimum Gasteiger partial charge on any atom is -0.497 e. The van der Waals surface area contributed by atoms with E-state index >= 15 is 0 Å². The van der Waals surface area contributed by atoms with Crippen molar-refractivity contribution in [2.45, 2.75) is 13.5 Å². The number of ether oxygens (including phenoxy) is 1. The molecule has 5 nitrogen and oxygen atoms in total. The second kappa shape index (κ2) is 8.76. The van der Waals surface area contributed by atoms with Crippen LogP contribution in [0.4, 0.5) is 11.4 Å². The molecule has 0 unspecified atom stereocenters. The molecule has 0 aliphatic carbocycles. The molecule has 2 aromatic heterocycles. The van der Waals surface area contributed by atoms with Crippen LogP contribution in [0, 0.1) is 18.3 Å². The van der Waals surface area contributed by atoms with E-state index in [2.05, 4.69) is 65.7 Å². The number of anilines is 2. The Morgan fingerprint density at radius 3 is 2.58 bits per heavy atom. The van der Waals surface area contributed by atoms with E-state index in [-0.39, 0.29) is 0 Å². The Morgan fingerprint density at radius 1 is 1.13 bits per heavy atom. The van der Waals surface area contributed by atoms with Crippen molar-refractivity contribution >= 4 is 32.9 Å². The first kappa shape index (κ1) is 20.9. The minimum absolute atomic E-state index is 0.518. The lowest BCUT2D eigenvalue weighted by molar-refractivity contribution is 0.402. The van der Waals surface area contributed by atoms with Crippen LogP contribution in [0.1, 0.15) is 16.7 Å². The predicted octanol–water partition coefficient (Wildman–Crippen LogP) is 5.96. The normalized spacial score (nSPS) is 11.0. The maximum Gasteiger partial charge on any atom is 0.120 e. The molecule has 0 saturated heterocycles. The standard InChI is InChI=1S/C25H24N4OS/c1-16-5-10-20(30-4)11-21(16)28-24-19(13-26)14-27-22-12-23(31-25(22)24)18-8-6-17(7-9-18)15-29(2)3/h5-12,14H,15H2,1-4H3,(H,27,28). The van der Waals surface area contributed by atoms with Gasteiger partial charge in [0.25, 0.3) is 0 Å². The molecule has 0 spiro atoms. The summed E-state index contributed by atoms with van der Waals surface area (Å²) in [6, 6.07) is 18.9. The number of aromatic nitrogens is 1. The summed E-state index contributed by atoms with van der Waals surface area (Å²) in [7, 11) is 5.78. The maximum atomic E-state index is 9.70. The third-order valence-corrected chi connectivity index (χ3v) is 6.29. The summed E-state index contributed by atoms with van der Waals surface area (Å²) in [5, 5.41) is 13.2. The zero-order valence-electron chi connectivity index (χ0n) is 18.1. The van der Waals surface area contributed by atoms with Crippen LogP contribution in [0.2, 0.25) is 0 Å². The number of nitriles is 1. The van der Waals surface area contributed by atoms with Crippen molar-refractivity contribution in [2.24, 2.45) is 0 Å². The van der Waals surface area contributed by atoms with Crippen molar-refractivity contribution < 1.29 is 4.74 Å². The summed E-state index contributed by atoms with van der Waals surface area (Å²) in [6.07, 6.45) is 1.64. The number of methoxy groups -OCH3 is 1. The second-order valence-corrected chi connectivity index (χ2v) is 8.78. The SMILES string of the molecule is COc1ccc(C)c(Nc2c(C#N)cnc3cc(-c4ccc(CN(C)C)cc4)sc23)c1. The van der Waals surface area contributed by atoms with Crippen molar-refractivity contribution in [2.75, 3.05) is 26.5 Å². The van der Waals surface area contributed by atoms with Crippen LogP contribution in [0.15, 0.2) is 54.7 Å². The molecule has 156 valence electrons. The van der Waals surface area contributed by atoms with Gasteiger partial charge >= 0.3 is 0 Å². The van der Waals surface area contributed by atoms with E-state index in [0.717, 1.165) is 49.9 Å². The van der Waals surface area contributed by atoms with Gasteiger partial charge in [0.1, 0.15) is 11.8 Å². The molecule has 2 heterocycles. The smallest absolute Gasteiger partial charge is 0.120 e. The third kappa shape index (κ3) is 4.38. The van der Waals surface area contributed by atoms with Crippen LogP contribution in [-0.4, -0.2) is 31.1 Å². The summed E-state index contributed by atoms with van der Waals surface area (Å²) in [5.74, 6) is 0.765. The Hall–Kier alpha value is -3.40. The minimum atomic E-state index is 0.518. The molecule has 0 saturated carbocycles. The molecule has 4 rings (SSSR count). The first-order valence-electron chi connectivity index (χ1n) is 9.97. The average Bonchev–Trinajstić information content (AvgIpc) is 3.20. The molecule has 4 aromatic rings. The Labute approximate surface area is 186 Å². The number of nitrogens with one attached hydrogen (secondary N) is 1. The highest BCUT2D eigenvalue weighted by Crippen LogP contribution is 2.40. The van der Waals surface area contributed by atoms with Gasteiger partial charge in [-0.25, -0.2) is 0 Å². The quantitative estimate of drug-likeness (QED) is 0.411. The highest BCUT2D eigenvalue weighted by Gasteiger charge is 2.15. The van der Waals surface area contributed by atoms with Crippen LogP contribution in [0.3, 0.4) is 0 Å². The van der Waals surface area contributed by atoms with Gasteiger partial charge in [0.2, 0.25) is 0 Å². The van der Waals surface area contributed by atoms with Crippen molar-refractivity contribution in [3.63, 3.8) is 0 Å². The lowest BCUT2D eigenvalue weighted by Gasteiger charge is -2.13. The van der Waals surface area contributed by atoms with E-state index in [0.29, 0.717) is 5.56 Å². The molecule has 1 N–H and O–H groups in total. The first-order valence-corrected chi connectivity index (χ1v) is 10.8. The van der Waals surface area contributed by atoms with Gasteiger partial charge in [-0.2, -0.15) is 5.26 Å². The van der Waals surface area contributed by atoms with Gasteiger partial charge in [0, 0.05) is 29.4 Å². The fourth-order valence-electron chi connectivity index (χ4n) is 3.47. The van der Waals surface area contributed by atoms with Gasteiger partial charge in [-0.1, -0.05) is 30.3 Å². The van der Waals surface area contributed by atoms with Crippen LogP contribution in [0.5, 0.6) is 5.75 Å². The van der Waals surface area contributed by atoms with Crippen molar-refractivity contribution in [1.82, 2.24) is 9.88 Å².